The first-order valence-electron chi connectivity index (χ1n) is 5.39. The zero-order chi connectivity index (χ0) is 10.8. The molecule has 0 heterocycles. The Kier molecular flexibility index (Phi) is 3.62. The summed E-state index contributed by atoms with van der Waals surface area (Å²) in [6, 6.07) is 4.22. The van der Waals surface area contributed by atoms with Crippen molar-refractivity contribution >= 4 is 33.4 Å². The van der Waals surface area contributed by atoms with Gasteiger partial charge in [0.25, 0.3) is 0 Å². The average Bonchev–Trinajstić information content (AvgIpc) is 2.67. The molecule has 1 nitrogen and oxygen atoms in total. The van der Waals surface area contributed by atoms with Crippen molar-refractivity contribution in [3.8, 4) is 0 Å². The summed E-state index contributed by atoms with van der Waals surface area (Å²) in [6.45, 7) is 2.07. The second kappa shape index (κ2) is 4.79. The van der Waals surface area contributed by atoms with Gasteiger partial charge in [0.1, 0.15) is 0 Å². The van der Waals surface area contributed by atoms with Gasteiger partial charge in [0.05, 0.1) is 0 Å². The monoisotopic (exact) mass is 285 g/mol. The second-order valence-corrected chi connectivity index (χ2v) is 6.36. The largest absolute Gasteiger partial charge is 0.398 e. The molecule has 1 aliphatic rings. The van der Waals surface area contributed by atoms with E-state index in [9.17, 15) is 0 Å². The lowest BCUT2D eigenvalue weighted by Crippen LogP contribution is -1.96. The molecule has 1 aromatic carbocycles. The van der Waals surface area contributed by atoms with Crippen LogP contribution in [0, 0.1) is 6.92 Å². The van der Waals surface area contributed by atoms with Crippen LogP contribution in [0.4, 0.5) is 5.69 Å². The molecule has 1 fully saturated rings. The summed E-state index contributed by atoms with van der Waals surface area (Å²) < 4.78 is 1.14. The maximum absolute atomic E-state index is 5.86. The van der Waals surface area contributed by atoms with Crippen LogP contribution in [-0.4, -0.2) is 5.25 Å². The van der Waals surface area contributed by atoms with Crippen molar-refractivity contribution in [1.82, 2.24) is 0 Å². The highest BCUT2D eigenvalue weighted by Gasteiger charge is 2.17. The number of benzene rings is 1. The smallest absolute Gasteiger partial charge is 0.0355 e. The highest BCUT2D eigenvalue weighted by Crippen LogP contribution is 2.39. The average molecular weight is 286 g/mol. The summed E-state index contributed by atoms with van der Waals surface area (Å²) in [7, 11) is 0. The van der Waals surface area contributed by atoms with E-state index in [1.165, 1.54) is 36.1 Å². The minimum atomic E-state index is 0.810. The van der Waals surface area contributed by atoms with Crippen molar-refractivity contribution in [3.05, 3.63) is 22.2 Å². The molecule has 82 valence electrons. The van der Waals surface area contributed by atoms with Gasteiger partial charge < -0.3 is 5.73 Å². The SMILES string of the molecule is Cc1cc(SC2CCCC2)c(Br)cc1N. The number of aryl methyl sites for hydroxylation is 1. The summed E-state index contributed by atoms with van der Waals surface area (Å²) >= 11 is 5.59. The van der Waals surface area contributed by atoms with Gasteiger partial charge in [-0.15, -0.1) is 11.8 Å². The molecule has 0 amide bonds. The molecule has 2 rings (SSSR count). The van der Waals surface area contributed by atoms with E-state index < -0.39 is 0 Å². The standard InChI is InChI=1S/C12H16BrNS/c1-8-6-12(10(13)7-11(8)14)15-9-4-2-3-5-9/h6-7,9H,2-5,14H2,1H3. The Bertz CT molecular complexity index is 359. The number of halogens is 1. The van der Waals surface area contributed by atoms with Gasteiger partial charge in [-0.1, -0.05) is 12.8 Å². The lowest BCUT2D eigenvalue weighted by molar-refractivity contribution is 0.886. The molecule has 0 aromatic heterocycles. The molecule has 1 aromatic rings. The summed E-state index contributed by atoms with van der Waals surface area (Å²) in [5, 5.41) is 0.810. The van der Waals surface area contributed by atoms with Crippen LogP contribution in [0.25, 0.3) is 0 Å². The van der Waals surface area contributed by atoms with Crippen LogP contribution in [0.5, 0.6) is 0 Å². The molecule has 0 spiro atoms. The van der Waals surface area contributed by atoms with E-state index in [2.05, 4.69) is 28.9 Å². The second-order valence-electron chi connectivity index (χ2n) is 4.16. The van der Waals surface area contributed by atoms with E-state index in [1.807, 2.05) is 17.8 Å². The molecule has 0 aliphatic heterocycles. The quantitative estimate of drug-likeness (QED) is 0.817. The van der Waals surface area contributed by atoms with Gasteiger partial charge in [0.15, 0.2) is 0 Å². The van der Waals surface area contributed by atoms with Gasteiger partial charge in [0, 0.05) is 20.3 Å². The molecule has 1 aliphatic carbocycles. The summed E-state index contributed by atoms with van der Waals surface area (Å²) in [5.41, 5.74) is 7.91. The highest BCUT2D eigenvalue weighted by molar-refractivity contribution is 9.10. The molecule has 2 N–H and O–H groups in total. The Balaban J connectivity index is 2.16. The van der Waals surface area contributed by atoms with Gasteiger partial charge >= 0.3 is 0 Å². The van der Waals surface area contributed by atoms with Gasteiger partial charge in [-0.05, 0) is 53.4 Å². The van der Waals surface area contributed by atoms with Crippen LogP contribution in [-0.2, 0) is 0 Å². The van der Waals surface area contributed by atoms with Gasteiger partial charge in [-0.2, -0.15) is 0 Å². The molecular formula is C12H16BrNS. The third kappa shape index (κ3) is 2.70. The van der Waals surface area contributed by atoms with Crippen molar-refractivity contribution in [2.75, 3.05) is 5.73 Å². The molecule has 0 bridgehead atoms. The minimum Gasteiger partial charge on any atom is -0.398 e. The molecule has 1 saturated carbocycles. The third-order valence-corrected chi connectivity index (χ3v) is 5.23. The van der Waals surface area contributed by atoms with Crippen molar-refractivity contribution in [3.63, 3.8) is 0 Å². The first-order valence-corrected chi connectivity index (χ1v) is 7.06. The fourth-order valence-electron chi connectivity index (χ4n) is 1.95. The number of hydrogen-bond acceptors (Lipinski definition) is 2. The van der Waals surface area contributed by atoms with Crippen LogP contribution in [0.3, 0.4) is 0 Å². The fourth-order valence-corrected chi connectivity index (χ4v) is 3.93. The topological polar surface area (TPSA) is 26.0 Å². The Morgan fingerprint density at radius 2 is 2.00 bits per heavy atom. The van der Waals surface area contributed by atoms with Crippen molar-refractivity contribution < 1.29 is 0 Å². The Morgan fingerprint density at radius 1 is 1.33 bits per heavy atom. The molecule has 15 heavy (non-hydrogen) atoms. The number of nitrogens with two attached hydrogens (primary N) is 1. The zero-order valence-corrected chi connectivity index (χ0v) is 11.3. The van der Waals surface area contributed by atoms with Crippen molar-refractivity contribution in [1.29, 1.82) is 0 Å². The molecule has 0 unspecified atom stereocenters. The maximum Gasteiger partial charge on any atom is 0.0355 e. The minimum absolute atomic E-state index is 0.810. The first-order chi connectivity index (χ1) is 7.16. The highest BCUT2D eigenvalue weighted by atomic mass is 79.9. The predicted molar refractivity (Wildman–Crippen MR) is 71.4 cm³/mol. The zero-order valence-electron chi connectivity index (χ0n) is 8.92. The van der Waals surface area contributed by atoms with E-state index in [0.717, 1.165) is 15.4 Å². The fraction of sp³-hybridized carbons (Fsp3) is 0.500. The number of anilines is 1. The number of nitrogen functional groups attached to an aromatic ring is 1. The normalized spacial score (nSPS) is 17.2. The molecule has 0 atom stereocenters. The number of hydrogen-bond donors (Lipinski definition) is 1. The van der Waals surface area contributed by atoms with Crippen LogP contribution >= 0.6 is 27.7 Å². The predicted octanol–water partition coefficient (Wildman–Crippen LogP) is 4.37. The molecule has 0 radical (unpaired) electrons. The molecular weight excluding hydrogens is 270 g/mol. The van der Waals surface area contributed by atoms with Crippen LogP contribution in [0.1, 0.15) is 31.2 Å². The van der Waals surface area contributed by atoms with E-state index in [-0.39, 0.29) is 0 Å². The van der Waals surface area contributed by atoms with Crippen LogP contribution in [0.15, 0.2) is 21.5 Å². The number of thioether (sulfide) groups is 1. The summed E-state index contributed by atoms with van der Waals surface area (Å²) in [4.78, 5) is 1.34. The Hall–Kier alpha value is -0.150. The lowest BCUT2D eigenvalue weighted by atomic mass is 10.2. The Morgan fingerprint density at radius 3 is 2.67 bits per heavy atom. The van der Waals surface area contributed by atoms with E-state index >= 15 is 0 Å². The van der Waals surface area contributed by atoms with Crippen molar-refractivity contribution in [2.24, 2.45) is 0 Å². The maximum atomic E-state index is 5.86. The van der Waals surface area contributed by atoms with Gasteiger partial charge in [-0.3, -0.25) is 0 Å². The van der Waals surface area contributed by atoms with E-state index in [0.29, 0.717) is 0 Å². The molecule has 3 heteroatoms. The number of rotatable bonds is 2. The lowest BCUT2D eigenvalue weighted by Gasteiger charge is -2.12. The van der Waals surface area contributed by atoms with Crippen LogP contribution in [0.2, 0.25) is 0 Å². The summed E-state index contributed by atoms with van der Waals surface area (Å²) in [6.07, 6.45) is 5.51. The van der Waals surface area contributed by atoms with Gasteiger partial charge in [0.2, 0.25) is 0 Å². The summed E-state index contributed by atoms with van der Waals surface area (Å²) in [5.74, 6) is 0. The molecule has 0 saturated heterocycles. The van der Waals surface area contributed by atoms with Crippen LogP contribution < -0.4 is 5.73 Å². The van der Waals surface area contributed by atoms with Gasteiger partial charge in [-0.25, -0.2) is 0 Å². The van der Waals surface area contributed by atoms with Crippen molar-refractivity contribution in [2.45, 2.75) is 42.8 Å². The first kappa shape index (κ1) is 11.3. The third-order valence-electron chi connectivity index (χ3n) is 2.92. The van der Waals surface area contributed by atoms with E-state index in [4.69, 9.17) is 5.73 Å². The Labute approximate surface area is 104 Å². The van der Waals surface area contributed by atoms with E-state index in [1.54, 1.807) is 0 Å².